The molecule has 94 valence electrons. The molecule has 1 N–H and O–H groups in total. The second-order valence-corrected chi connectivity index (χ2v) is 2.54. The summed E-state index contributed by atoms with van der Waals surface area (Å²) >= 11 is 0. The minimum atomic E-state index is -1.80. The van der Waals surface area contributed by atoms with Crippen molar-refractivity contribution in [3.63, 3.8) is 0 Å². The molecule has 0 aromatic carbocycles. The lowest BCUT2D eigenvalue weighted by atomic mass is 10.3. The molecule has 0 fully saturated rings. The summed E-state index contributed by atoms with van der Waals surface area (Å²) in [7, 11) is 0. The van der Waals surface area contributed by atoms with Gasteiger partial charge in [0.1, 0.15) is 6.61 Å². The van der Waals surface area contributed by atoms with E-state index in [1.54, 1.807) is 0 Å². The second kappa shape index (κ2) is 8.89. The molecule has 0 spiro atoms. The number of rotatable bonds is 7. The Labute approximate surface area is 91.8 Å². The quantitative estimate of drug-likeness (QED) is 0.234. The number of hydrogen-bond acceptors (Lipinski definition) is 7. The van der Waals surface area contributed by atoms with Crippen molar-refractivity contribution >= 4 is 12.3 Å². The Morgan fingerprint density at radius 2 is 2.00 bits per heavy atom. The molecule has 1 unspecified atom stereocenters. The summed E-state index contributed by atoms with van der Waals surface area (Å²) in [5.41, 5.74) is 0. The van der Waals surface area contributed by atoms with Crippen molar-refractivity contribution in [2.45, 2.75) is 26.4 Å². The highest BCUT2D eigenvalue weighted by Gasteiger charge is 2.12. The SMILES string of the molecule is CCOC(CC)COOOC(=O)OC(=O)O. The van der Waals surface area contributed by atoms with Crippen LogP contribution in [0.3, 0.4) is 0 Å². The van der Waals surface area contributed by atoms with Crippen LogP contribution in [0.5, 0.6) is 0 Å². The fourth-order valence-electron chi connectivity index (χ4n) is 0.763. The van der Waals surface area contributed by atoms with Gasteiger partial charge >= 0.3 is 12.3 Å². The van der Waals surface area contributed by atoms with Crippen LogP contribution in [-0.2, 0) is 24.3 Å². The predicted molar refractivity (Wildman–Crippen MR) is 48.3 cm³/mol. The number of hydrogen-bond donors (Lipinski definition) is 1. The number of ether oxygens (including phenoxy) is 2. The van der Waals surface area contributed by atoms with Gasteiger partial charge in [-0.1, -0.05) is 6.92 Å². The van der Waals surface area contributed by atoms with E-state index in [0.29, 0.717) is 13.0 Å². The number of carboxylic acid groups (broad SMARTS) is 1. The predicted octanol–water partition coefficient (Wildman–Crippen LogP) is 1.50. The molecule has 0 radical (unpaired) electrons. The molecule has 0 aliphatic carbocycles. The van der Waals surface area contributed by atoms with Gasteiger partial charge in [0, 0.05) is 6.61 Å². The van der Waals surface area contributed by atoms with Crippen molar-refractivity contribution in [1.29, 1.82) is 0 Å². The lowest BCUT2D eigenvalue weighted by Crippen LogP contribution is -2.20. The summed E-state index contributed by atoms with van der Waals surface area (Å²) in [6.45, 7) is 4.27. The minimum Gasteiger partial charge on any atom is -0.449 e. The van der Waals surface area contributed by atoms with E-state index >= 15 is 0 Å². The van der Waals surface area contributed by atoms with E-state index in [1.165, 1.54) is 0 Å². The zero-order valence-electron chi connectivity index (χ0n) is 9.00. The molecule has 0 amide bonds. The van der Waals surface area contributed by atoms with Crippen LogP contribution in [0.15, 0.2) is 0 Å². The molecule has 0 bridgehead atoms. The third kappa shape index (κ3) is 7.97. The van der Waals surface area contributed by atoms with Crippen molar-refractivity contribution in [3.05, 3.63) is 0 Å². The fourth-order valence-corrected chi connectivity index (χ4v) is 0.763. The van der Waals surface area contributed by atoms with Crippen LogP contribution in [0.2, 0.25) is 0 Å². The van der Waals surface area contributed by atoms with E-state index in [1.807, 2.05) is 13.8 Å². The van der Waals surface area contributed by atoms with Crippen LogP contribution < -0.4 is 0 Å². The molecule has 16 heavy (non-hydrogen) atoms. The van der Waals surface area contributed by atoms with E-state index in [-0.39, 0.29) is 12.7 Å². The van der Waals surface area contributed by atoms with Gasteiger partial charge in [-0.2, -0.15) is 9.68 Å². The third-order valence-electron chi connectivity index (χ3n) is 1.43. The maximum absolute atomic E-state index is 10.4. The van der Waals surface area contributed by atoms with Gasteiger partial charge in [0.05, 0.1) is 6.10 Å². The summed E-state index contributed by atoms with van der Waals surface area (Å²) in [6, 6.07) is 0. The van der Waals surface area contributed by atoms with Gasteiger partial charge in [0.25, 0.3) is 0 Å². The highest BCUT2D eigenvalue weighted by Crippen LogP contribution is 1.99. The Morgan fingerprint density at radius 3 is 2.50 bits per heavy atom. The van der Waals surface area contributed by atoms with E-state index in [2.05, 4.69) is 19.6 Å². The van der Waals surface area contributed by atoms with E-state index in [0.717, 1.165) is 0 Å². The van der Waals surface area contributed by atoms with Crippen molar-refractivity contribution < 1.29 is 39.0 Å². The van der Waals surface area contributed by atoms with Crippen LogP contribution in [0.4, 0.5) is 9.59 Å². The lowest BCUT2D eigenvalue weighted by molar-refractivity contribution is -0.489. The average Bonchev–Trinajstić information content (AvgIpc) is 2.21. The van der Waals surface area contributed by atoms with Gasteiger partial charge in [-0.25, -0.2) is 9.68 Å². The van der Waals surface area contributed by atoms with Gasteiger partial charge in [-0.05, 0) is 18.4 Å². The van der Waals surface area contributed by atoms with E-state index in [4.69, 9.17) is 9.84 Å². The fraction of sp³-hybridized carbons (Fsp3) is 0.750. The molecule has 8 heteroatoms. The smallest absolute Gasteiger partial charge is 0.449 e. The Kier molecular flexibility index (Phi) is 8.12. The average molecular weight is 238 g/mol. The molecular weight excluding hydrogens is 224 g/mol. The van der Waals surface area contributed by atoms with Crippen molar-refractivity contribution in [3.8, 4) is 0 Å². The maximum atomic E-state index is 10.4. The standard InChI is InChI=1S/C8H14O8/c1-3-6(12-4-2)5-13-16-15-8(11)14-7(9)10/h6H,3-5H2,1-2H3,(H,9,10). The molecule has 1 atom stereocenters. The molecule has 8 nitrogen and oxygen atoms in total. The van der Waals surface area contributed by atoms with Crippen LogP contribution in [0.1, 0.15) is 20.3 Å². The summed E-state index contributed by atoms with van der Waals surface area (Å²) in [5, 5.41) is 12.0. The Hall–Kier alpha value is -1.38. The lowest BCUT2D eigenvalue weighted by Gasteiger charge is -2.12. The van der Waals surface area contributed by atoms with Gasteiger partial charge in [0.15, 0.2) is 0 Å². The zero-order chi connectivity index (χ0) is 12.4. The van der Waals surface area contributed by atoms with Crippen LogP contribution in [-0.4, -0.2) is 36.7 Å². The molecule has 0 aliphatic heterocycles. The van der Waals surface area contributed by atoms with Crippen LogP contribution in [0, 0.1) is 0 Å². The summed E-state index contributed by atoms with van der Waals surface area (Å²) in [5.74, 6) is 0. The van der Waals surface area contributed by atoms with Gasteiger partial charge in [-0.3, -0.25) is 0 Å². The van der Waals surface area contributed by atoms with Crippen LogP contribution in [0.25, 0.3) is 0 Å². The molecule has 0 heterocycles. The van der Waals surface area contributed by atoms with Gasteiger partial charge in [-0.15, -0.1) is 0 Å². The largest absolute Gasteiger partial charge is 0.553 e. The molecule has 0 aromatic heterocycles. The summed E-state index contributed by atoms with van der Waals surface area (Å²) in [6.07, 6.45) is -2.83. The van der Waals surface area contributed by atoms with E-state index in [9.17, 15) is 9.59 Å². The van der Waals surface area contributed by atoms with Crippen molar-refractivity contribution in [1.82, 2.24) is 0 Å². The van der Waals surface area contributed by atoms with E-state index < -0.39 is 12.3 Å². The monoisotopic (exact) mass is 238 g/mol. The maximum Gasteiger partial charge on any atom is 0.553 e. The van der Waals surface area contributed by atoms with Crippen LogP contribution >= 0.6 is 0 Å². The van der Waals surface area contributed by atoms with Crippen molar-refractivity contribution in [2.24, 2.45) is 0 Å². The Morgan fingerprint density at radius 1 is 1.31 bits per heavy atom. The number of carbonyl (C=O) groups is 2. The second-order valence-electron chi connectivity index (χ2n) is 2.54. The first-order chi connectivity index (χ1) is 7.60. The first-order valence-corrected chi connectivity index (χ1v) is 4.62. The third-order valence-corrected chi connectivity index (χ3v) is 1.43. The molecule has 0 saturated heterocycles. The summed E-state index contributed by atoms with van der Waals surface area (Å²) in [4.78, 5) is 28.5. The molecule has 0 aliphatic rings. The molecule has 0 aromatic rings. The Balaban J connectivity index is 3.51. The zero-order valence-corrected chi connectivity index (χ0v) is 9.00. The molecule has 0 rings (SSSR count). The topological polar surface area (TPSA) is 101 Å². The molecule has 0 saturated carbocycles. The van der Waals surface area contributed by atoms with Gasteiger partial charge in [0.2, 0.25) is 0 Å². The van der Waals surface area contributed by atoms with Crippen molar-refractivity contribution in [2.75, 3.05) is 13.2 Å². The molecular formula is C8H14O8. The highest BCUT2D eigenvalue weighted by atomic mass is 17.5. The first kappa shape index (κ1) is 14.6. The minimum absolute atomic E-state index is 0.0463. The van der Waals surface area contributed by atoms with Gasteiger partial charge < -0.3 is 14.6 Å². The Bertz CT molecular complexity index is 216. The summed E-state index contributed by atoms with van der Waals surface area (Å²) < 4.78 is 8.74. The normalized spacial score (nSPS) is 11.9. The number of carbonyl (C=O) groups excluding carboxylic acids is 1. The first-order valence-electron chi connectivity index (χ1n) is 4.62. The highest BCUT2D eigenvalue weighted by molar-refractivity contribution is 5.75.